The van der Waals surface area contributed by atoms with Crippen LogP contribution in [0, 0.1) is 11.8 Å². The Morgan fingerprint density at radius 3 is 1.78 bits per heavy atom. The van der Waals surface area contributed by atoms with Crippen molar-refractivity contribution in [3.8, 4) is 5.75 Å². The molecule has 0 aliphatic heterocycles. The topological polar surface area (TPSA) is 88.1 Å². The molecule has 0 N–H and O–H groups in total. The third kappa shape index (κ3) is 18.5. The molecule has 2 atom stereocenters. The van der Waals surface area contributed by atoms with E-state index in [1.807, 2.05) is 81.4 Å². The SMILES string of the molecule is CCOc1ccc(CC(CCCCCCC(=O)OC(C)(C)C)CC(CC(=O)OC(C)(C)C)C(=O)OC(C)(C)C)cc1. The maximum absolute atomic E-state index is 13.3. The standard InChI is InChI=1S/C34H56O7/c1-11-38-28-20-18-25(19-21-28)22-26(16-14-12-13-15-17-29(35)39-32(2,3)4)23-27(31(37)41-34(8,9)10)24-30(36)40-33(5,6)7/h18-21,26-27H,11-17,22-24H2,1-10H3. The number of ether oxygens (including phenoxy) is 4. The summed E-state index contributed by atoms with van der Waals surface area (Å²) in [6.07, 6.45) is 6.27. The molecule has 0 heterocycles. The monoisotopic (exact) mass is 576 g/mol. The van der Waals surface area contributed by atoms with Crippen LogP contribution in [0.2, 0.25) is 0 Å². The third-order valence-electron chi connectivity index (χ3n) is 6.11. The van der Waals surface area contributed by atoms with Crippen LogP contribution < -0.4 is 4.74 Å². The highest BCUT2D eigenvalue weighted by Gasteiger charge is 2.31. The van der Waals surface area contributed by atoms with E-state index in [1.54, 1.807) is 0 Å². The molecule has 234 valence electrons. The third-order valence-corrected chi connectivity index (χ3v) is 6.11. The predicted molar refractivity (Wildman–Crippen MR) is 163 cm³/mol. The number of esters is 3. The van der Waals surface area contributed by atoms with Crippen LogP contribution in [0.3, 0.4) is 0 Å². The molecule has 7 heteroatoms. The van der Waals surface area contributed by atoms with E-state index in [2.05, 4.69) is 12.1 Å². The summed E-state index contributed by atoms with van der Waals surface area (Å²) in [7, 11) is 0. The Morgan fingerprint density at radius 2 is 1.24 bits per heavy atom. The van der Waals surface area contributed by atoms with E-state index < -0.39 is 28.7 Å². The molecule has 0 fully saturated rings. The maximum atomic E-state index is 13.3. The molecule has 0 saturated carbocycles. The van der Waals surface area contributed by atoms with Crippen LogP contribution in [0.4, 0.5) is 0 Å². The van der Waals surface area contributed by atoms with Crippen molar-refractivity contribution in [2.24, 2.45) is 11.8 Å². The molecule has 1 aromatic rings. The zero-order valence-corrected chi connectivity index (χ0v) is 27.4. The van der Waals surface area contributed by atoms with Gasteiger partial charge in [-0.15, -0.1) is 0 Å². The van der Waals surface area contributed by atoms with Crippen LogP contribution in [-0.4, -0.2) is 41.3 Å². The molecule has 0 bridgehead atoms. The van der Waals surface area contributed by atoms with Gasteiger partial charge >= 0.3 is 17.9 Å². The molecule has 41 heavy (non-hydrogen) atoms. The average molecular weight is 577 g/mol. The first-order valence-electron chi connectivity index (χ1n) is 15.2. The van der Waals surface area contributed by atoms with Crippen molar-refractivity contribution in [2.75, 3.05) is 6.61 Å². The van der Waals surface area contributed by atoms with Gasteiger partial charge in [0.15, 0.2) is 0 Å². The average Bonchev–Trinajstić information content (AvgIpc) is 2.78. The summed E-state index contributed by atoms with van der Waals surface area (Å²) in [5, 5.41) is 0. The van der Waals surface area contributed by atoms with Gasteiger partial charge in [0.25, 0.3) is 0 Å². The van der Waals surface area contributed by atoms with E-state index in [0.29, 0.717) is 19.4 Å². The Balaban J connectivity index is 2.95. The predicted octanol–water partition coefficient (Wildman–Crippen LogP) is 8.01. The van der Waals surface area contributed by atoms with Crippen LogP contribution in [-0.2, 0) is 35.0 Å². The maximum Gasteiger partial charge on any atom is 0.310 e. The Labute approximate surface area is 249 Å². The lowest BCUT2D eigenvalue weighted by atomic mass is 9.84. The summed E-state index contributed by atoms with van der Waals surface area (Å²) in [5.74, 6) is -0.516. The van der Waals surface area contributed by atoms with Crippen LogP contribution >= 0.6 is 0 Å². The number of carbonyl (C=O) groups is 3. The zero-order chi connectivity index (χ0) is 31.3. The Kier molecular flexibility index (Phi) is 14.9. The number of carbonyl (C=O) groups excluding carboxylic acids is 3. The van der Waals surface area contributed by atoms with Gasteiger partial charge in [-0.05, 0) is 112 Å². The van der Waals surface area contributed by atoms with Gasteiger partial charge in [-0.3, -0.25) is 14.4 Å². The minimum Gasteiger partial charge on any atom is -0.494 e. The Morgan fingerprint density at radius 1 is 0.707 bits per heavy atom. The van der Waals surface area contributed by atoms with Gasteiger partial charge in [0.2, 0.25) is 0 Å². The molecular formula is C34H56O7. The zero-order valence-electron chi connectivity index (χ0n) is 27.4. The van der Waals surface area contributed by atoms with E-state index in [0.717, 1.165) is 49.8 Å². The molecule has 1 rings (SSSR count). The van der Waals surface area contributed by atoms with Gasteiger partial charge in [-0.25, -0.2) is 0 Å². The van der Waals surface area contributed by atoms with Crippen molar-refractivity contribution >= 4 is 17.9 Å². The minimum atomic E-state index is -0.651. The highest BCUT2D eigenvalue weighted by Crippen LogP contribution is 2.29. The molecule has 0 aliphatic carbocycles. The van der Waals surface area contributed by atoms with Crippen molar-refractivity contribution in [1.29, 1.82) is 0 Å². The highest BCUT2D eigenvalue weighted by atomic mass is 16.6. The molecule has 2 unspecified atom stereocenters. The molecule has 7 nitrogen and oxygen atoms in total. The first-order valence-corrected chi connectivity index (χ1v) is 15.2. The fraction of sp³-hybridized carbons (Fsp3) is 0.735. The summed E-state index contributed by atoms with van der Waals surface area (Å²) in [6.45, 7) is 19.2. The van der Waals surface area contributed by atoms with Crippen molar-refractivity contribution < 1.29 is 33.3 Å². The second-order valence-electron chi connectivity index (χ2n) is 13.9. The number of unbranched alkanes of at least 4 members (excludes halogenated alkanes) is 3. The highest BCUT2D eigenvalue weighted by molar-refractivity contribution is 5.80. The van der Waals surface area contributed by atoms with Gasteiger partial charge in [0, 0.05) is 6.42 Å². The fourth-order valence-corrected chi connectivity index (χ4v) is 4.61. The summed E-state index contributed by atoms with van der Waals surface area (Å²) in [6, 6.07) is 8.07. The van der Waals surface area contributed by atoms with Gasteiger partial charge in [0.1, 0.15) is 22.6 Å². The molecular weight excluding hydrogens is 520 g/mol. The van der Waals surface area contributed by atoms with E-state index in [9.17, 15) is 14.4 Å². The summed E-state index contributed by atoms with van der Waals surface area (Å²) in [4.78, 5) is 38.0. The summed E-state index contributed by atoms with van der Waals surface area (Å²) in [5.41, 5.74) is -0.586. The van der Waals surface area contributed by atoms with Gasteiger partial charge in [-0.1, -0.05) is 37.8 Å². The van der Waals surface area contributed by atoms with Crippen molar-refractivity contribution in [3.63, 3.8) is 0 Å². The van der Waals surface area contributed by atoms with Crippen LogP contribution in [0.15, 0.2) is 24.3 Å². The van der Waals surface area contributed by atoms with E-state index in [1.165, 1.54) is 0 Å². The fourth-order valence-electron chi connectivity index (χ4n) is 4.61. The number of hydrogen-bond donors (Lipinski definition) is 0. The van der Waals surface area contributed by atoms with Gasteiger partial charge in [-0.2, -0.15) is 0 Å². The van der Waals surface area contributed by atoms with Gasteiger partial charge < -0.3 is 18.9 Å². The largest absolute Gasteiger partial charge is 0.494 e. The number of hydrogen-bond acceptors (Lipinski definition) is 7. The van der Waals surface area contributed by atoms with Crippen LogP contribution in [0.5, 0.6) is 5.75 Å². The van der Waals surface area contributed by atoms with Crippen LogP contribution in [0.1, 0.15) is 126 Å². The van der Waals surface area contributed by atoms with Crippen molar-refractivity contribution in [1.82, 2.24) is 0 Å². The summed E-state index contributed by atoms with van der Waals surface area (Å²) >= 11 is 0. The first kappa shape index (κ1) is 36.5. The molecule has 1 aromatic carbocycles. The Hall–Kier alpha value is -2.57. The molecule has 0 saturated heterocycles. The molecule has 0 aliphatic rings. The smallest absolute Gasteiger partial charge is 0.310 e. The molecule has 0 radical (unpaired) electrons. The van der Waals surface area contributed by atoms with E-state index in [4.69, 9.17) is 18.9 Å². The quantitative estimate of drug-likeness (QED) is 0.112. The normalized spacial score (nSPS) is 13.7. The number of rotatable bonds is 16. The van der Waals surface area contributed by atoms with Crippen molar-refractivity contribution in [3.05, 3.63) is 29.8 Å². The van der Waals surface area contributed by atoms with Crippen LogP contribution in [0.25, 0.3) is 0 Å². The second kappa shape index (κ2) is 16.8. The minimum absolute atomic E-state index is 0.0121. The van der Waals surface area contributed by atoms with Crippen molar-refractivity contribution in [2.45, 2.75) is 144 Å². The van der Waals surface area contributed by atoms with E-state index >= 15 is 0 Å². The Bertz CT molecular complexity index is 930. The second-order valence-corrected chi connectivity index (χ2v) is 13.9. The lowest BCUT2D eigenvalue weighted by molar-refractivity contribution is -0.168. The molecule has 0 amide bonds. The first-order chi connectivity index (χ1) is 18.9. The molecule has 0 aromatic heterocycles. The number of benzene rings is 1. The summed E-state index contributed by atoms with van der Waals surface area (Å²) < 4.78 is 22.3. The lowest BCUT2D eigenvalue weighted by Crippen LogP contribution is -2.33. The van der Waals surface area contributed by atoms with Gasteiger partial charge in [0.05, 0.1) is 18.9 Å². The lowest BCUT2D eigenvalue weighted by Gasteiger charge is -2.28. The molecule has 0 spiro atoms. The van der Waals surface area contributed by atoms with E-state index in [-0.39, 0.29) is 24.3 Å².